The highest BCUT2D eigenvalue weighted by atomic mass is 32.2. The van der Waals surface area contributed by atoms with Crippen LogP contribution in [0.5, 0.6) is 5.75 Å². The van der Waals surface area contributed by atoms with Crippen LogP contribution in [0.15, 0.2) is 53.9 Å². The van der Waals surface area contributed by atoms with Gasteiger partial charge in [0.2, 0.25) is 10.0 Å². The van der Waals surface area contributed by atoms with Crippen LogP contribution in [0.4, 0.5) is 35.4 Å². The molecule has 1 heterocycles. The maximum Gasteiger partial charge on any atom is 0.573 e. The van der Waals surface area contributed by atoms with Gasteiger partial charge in [-0.05, 0) is 42.5 Å². The van der Waals surface area contributed by atoms with E-state index in [9.17, 15) is 26.4 Å². The van der Waals surface area contributed by atoms with Gasteiger partial charge in [0.05, 0.1) is 11.9 Å². The second-order valence-electron chi connectivity index (χ2n) is 6.14. The number of halogens is 3. The van der Waals surface area contributed by atoms with Crippen LogP contribution in [0.3, 0.4) is 0 Å². The molecule has 3 N–H and O–H groups in total. The number of carbonyl (C=O) groups excluding carboxylic acids is 1. The lowest BCUT2D eigenvalue weighted by atomic mass is 10.3. The average Bonchev–Trinajstić information content (AvgIpc) is 3.10. The summed E-state index contributed by atoms with van der Waals surface area (Å²) in [6.45, 7) is 0. The van der Waals surface area contributed by atoms with Gasteiger partial charge in [-0.2, -0.15) is 0 Å². The summed E-state index contributed by atoms with van der Waals surface area (Å²) in [7, 11) is -3.46. The minimum Gasteiger partial charge on any atom is -0.406 e. The minimum absolute atomic E-state index is 0.103. The summed E-state index contributed by atoms with van der Waals surface area (Å²) in [6, 6.07) is 11.2. The third-order valence-electron chi connectivity index (χ3n) is 3.50. The van der Waals surface area contributed by atoms with Crippen molar-refractivity contribution < 1.29 is 31.1 Å². The number of alkyl halides is 3. The number of hydrogen-bond acceptors (Lipinski definition) is 7. The van der Waals surface area contributed by atoms with Crippen molar-refractivity contribution in [3.05, 3.63) is 59.6 Å². The Balaban J connectivity index is 1.63. The monoisotopic (exact) mass is 472 g/mol. The summed E-state index contributed by atoms with van der Waals surface area (Å²) in [5.74, 6) is -0.875. The Hall–Kier alpha value is -3.32. The zero-order valence-electron chi connectivity index (χ0n) is 15.7. The van der Waals surface area contributed by atoms with Crippen LogP contribution in [0.25, 0.3) is 0 Å². The number of sulfonamides is 1. The van der Waals surface area contributed by atoms with E-state index < -0.39 is 22.3 Å². The number of rotatable bonds is 7. The van der Waals surface area contributed by atoms with Crippen molar-refractivity contribution in [2.75, 3.05) is 21.6 Å². The molecule has 0 aliphatic carbocycles. The summed E-state index contributed by atoms with van der Waals surface area (Å²) in [6.07, 6.45) is -3.76. The van der Waals surface area contributed by atoms with Crippen molar-refractivity contribution in [1.29, 1.82) is 0 Å². The summed E-state index contributed by atoms with van der Waals surface area (Å²) < 4.78 is 65.4. The number of aromatic nitrogens is 1. The standard InChI is InChI=1S/C18H15F3N4O4S2/c1-31(27,28)25-13-4-2-3-12(9-13)22-16(26)15-10-30-17(24-15)23-11-5-7-14(8-6-11)29-18(19,20)21/h2-10,25H,1H3,(H,22,26)(H,23,24). The van der Waals surface area contributed by atoms with E-state index in [-0.39, 0.29) is 11.4 Å². The van der Waals surface area contributed by atoms with Gasteiger partial charge in [0.1, 0.15) is 11.4 Å². The summed E-state index contributed by atoms with van der Waals surface area (Å²) in [4.78, 5) is 16.5. The van der Waals surface area contributed by atoms with E-state index in [0.29, 0.717) is 22.2 Å². The van der Waals surface area contributed by atoms with Gasteiger partial charge < -0.3 is 15.4 Å². The fraction of sp³-hybridized carbons (Fsp3) is 0.111. The lowest BCUT2D eigenvalue weighted by Crippen LogP contribution is -2.16. The molecule has 2 aromatic carbocycles. The topological polar surface area (TPSA) is 109 Å². The smallest absolute Gasteiger partial charge is 0.406 e. The number of hydrogen-bond donors (Lipinski definition) is 3. The van der Waals surface area contributed by atoms with E-state index in [1.54, 1.807) is 12.1 Å². The summed E-state index contributed by atoms with van der Waals surface area (Å²) in [5.41, 5.74) is 1.21. The lowest BCUT2D eigenvalue weighted by molar-refractivity contribution is -0.274. The molecule has 0 atom stereocenters. The number of nitrogens with one attached hydrogen (secondary N) is 3. The van der Waals surface area contributed by atoms with Gasteiger partial charge in [-0.1, -0.05) is 6.07 Å². The van der Waals surface area contributed by atoms with Crippen LogP contribution in [-0.2, 0) is 10.0 Å². The largest absolute Gasteiger partial charge is 0.573 e. The SMILES string of the molecule is CS(=O)(=O)Nc1cccc(NC(=O)c2csc(Nc3ccc(OC(F)(F)F)cc3)n2)c1. The van der Waals surface area contributed by atoms with Crippen LogP contribution in [0.1, 0.15) is 10.5 Å². The van der Waals surface area contributed by atoms with Gasteiger partial charge in [0.25, 0.3) is 5.91 Å². The second kappa shape index (κ2) is 8.81. The highest BCUT2D eigenvalue weighted by Gasteiger charge is 2.30. The van der Waals surface area contributed by atoms with Crippen molar-refractivity contribution in [2.45, 2.75) is 6.36 Å². The molecule has 0 aliphatic rings. The Morgan fingerprint density at radius 3 is 2.39 bits per heavy atom. The number of benzene rings is 2. The molecule has 0 bridgehead atoms. The third-order valence-corrected chi connectivity index (χ3v) is 4.86. The number of carbonyl (C=O) groups is 1. The molecule has 1 aromatic heterocycles. The molecule has 1 amide bonds. The number of nitrogens with zero attached hydrogens (tertiary/aromatic N) is 1. The fourth-order valence-corrected chi connectivity index (χ4v) is 3.63. The Kier molecular flexibility index (Phi) is 6.36. The van der Waals surface area contributed by atoms with Gasteiger partial charge in [0.15, 0.2) is 5.13 Å². The van der Waals surface area contributed by atoms with Crippen molar-refractivity contribution in [1.82, 2.24) is 4.98 Å². The molecule has 8 nitrogen and oxygen atoms in total. The van der Waals surface area contributed by atoms with Gasteiger partial charge >= 0.3 is 6.36 Å². The first-order chi connectivity index (χ1) is 14.5. The van der Waals surface area contributed by atoms with Gasteiger partial charge in [-0.25, -0.2) is 13.4 Å². The van der Waals surface area contributed by atoms with E-state index in [2.05, 4.69) is 25.1 Å². The van der Waals surface area contributed by atoms with E-state index in [4.69, 9.17) is 0 Å². The molecule has 31 heavy (non-hydrogen) atoms. The molecule has 0 spiro atoms. The van der Waals surface area contributed by atoms with Gasteiger partial charge in [0, 0.05) is 16.8 Å². The third kappa shape index (κ3) is 7.15. The zero-order chi connectivity index (χ0) is 22.6. The Morgan fingerprint density at radius 2 is 1.74 bits per heavy atom. The van der Waals surface area contributed by atoms with Gasteiger partial charge in [-0.3, -0.25) is 9.52 Å². The molecule has 3 rings (SSSR count). The molecule has 13 heteroatoms. The van der Waals surface area contributed by atoms with Crippen LogP contribution in [-0.4, -0.2) is 31.9 Å². The highest BCUT2D eigenvalue weighted by Crippen LogP contribution is 2.26. The number of thiazole rings is 1. The molecule has 0 saturated carbocycles. The molecular weight excluding hydrogens is 457 g/mol. The Bertz CT molecular complexity index is 1180. The molecule has 3 aromatic rings. The van der Waals surface area contributed by atoms with E-state index in [1.165, 1.54) is 29.6 Å². The number of amides is 1. The average molecular weight is 472 g/mol. The highest BCUT2D eigenvalue weighted by molar-refractivity contribution is 7.92. The first-order valence-electron chi connectivity index (χ1n) is 8.44. The second-order valence-corrected chi connectivity index (χ2v) is 8.75. The summed E-state index contributed by atoms with van der Waals surface area (Å²) >= 11 is 1.12. The first-order valence-corrected chi connectivity index (χ1v) is 11.2. The van der Waals surface area contributed by atoms with E-state index >= 15 is 0 Å². The van der Waals surface area contributed by atoms with Crippen molar-refractivity contribution in [3.63, 3.8) is 0 Å². The van der Waals surface area contributed by atoms with Crippen molar-refractivity contribution in [2.24, 2.45) is 0 Å². The summed E-state index contributed by atoms with van der Waals surface area (Å²) in [5, 5.41) is 7.34. The van der Waals surface area contributed by atoms with Gasteiger partial charge in [-0.15, -0.1) is 24.5 Å². The first kappa shape index (κ1) is 22.4. The molecule has 0 saturated heterocycles. The van der Waals surface area contributed by atoms with Crippen molar-refractivity contribution >= 4 is 49.5 Å². The van der Waals surface area contributed by atoms with Crippen LogP contribution >= 0.6 is 11.3 Å². The zero-order valence-corrected chi connectivity index (χ0v) is 17.4. The normalized spacial score (nSPS) is 11.6. The van der Waals surface area contributed by atoms with Crippen LogP contribution in [0.2, 0.25) is 0 Å². The Labute approximate surface area is 179 Å². The number of anilines is 4. The molecular formula is C18H15F3N4O4S2. The lowest BCUT2D eigenvalue weighted by Gasteiger charge is -2.09. The van der Waals surface area contributed by atoms with E-state index in [0.717, 1.165) is 29.7 Å². The number of ether oxygens (including phenoxy) is 1. The molecule has 0 radical (unpaired) electrons. The van der Waals surface area contributed by atoms with E-state index in [1.807, 2.05) is 0 Å². The molecule has 0 fully saturated rings. The predicted molar refractivity (Wildman–Crippen MR) is 111 cm³/mol. The fourth-order valence-electron chi connectivity index (χ4n) is 2.37. The quantitative estimate of drug-likeness (QED) is 0.470. The van der Waals surface area contributed by atoms with Crippen LogP contribution < -0.4 is 20.1 Å². The molecule has 0 aliphatic heterocycles. The maximum atomic E-state index is 12.4. The maximum absolute atomic E-state index is 12.4. The molecule has 164 valence electrons. The van der Waals surface area contributed by atoms with Crippen molar-refractivity contribution in [3.8, 4) is 5.75 Å². The Morgan fingerprint density at radius 1 is 1.06 bits per heavy atom. The van der Waals surface area contributed by atoms with Crippen LogP contribution in [0, 0.1) is 0 Å². The molecule has 0 unspecified atom stereocenters. The predicted octanol–water partition coefficient (Wildman–Crippen LogP) is 4.41. The minimum atomic E-state index is -4.77.